The maximum atomic E-state index is 10.1. The normalized spacial score (nSPS) is 24.5. The van der Waals surface area contributed by atoms with Crippen molar-refractivity contribution in [2.45, 2.75) is 30.6 Å². The summed E-state index contributed by atoms with van der Waals surface area (Å²) < 4.78 is 0. The van der Waals surface area contributed by atoms with E-state index in [9.17, 15) is 5.11 Å². The lowest BCUT2D eigenvalue weighted by Crippen LogP contribution is -2.18. The summed E-state index contributed by atoms with van der Waals surface area (Å²) in [6, 6.07) is 10.0. The van der Waals surface area contributed by atoms with Gasteiger partial charge in [0.1, 0.15) is 0 Å². The van der Waals surface area contributed by atoms with Gasteiger partial charge in [-0.2, -0.15) is 11.8 Å². The van der Waals surface area contributed by atoms with E-state index >= 15 is 0 Å². The van der Waals surface area contributed by atoms with Crippen molar-refractivity contribution >= 4 is 11.8 Å². The molecule has 0 aliphatic carbocycles. The molecule has 0 radical (unpaired) electrons. The van der Waals surface area contributed by atoms with Crippen molar-refractivity contribution in [1.29, 1.82) is 0 Å². The van der Waals surface area contributed by atoms with E-state index < -0.39 is 0 Å². The highest BCUT2D eigenvalue weighted by molar-refractivity contribution is 7.99. The summed E-state index contributed by atoms with van der Waals surface area (Å²) in [5, 5.41) is 10.5. The predicted octanol–water partition coefficient (Wildman–Crippen LogP) is 3.01. The highest BCUT2D eigenvalue weighted by atomic mass is 32.2. The number of rotatable bonds is 2. The van der Waals surface area contributed by atoms with E-state index in [2.05, 4.69) is 0 Å². The second-order valence-corrected chi connectivity index (χ2v) is 5.11. The fraction of sp³-hybridized carbons (Fsp3) is 0.500. The number of aliphatic hydroxyl groups excluding tert-OH is 1. The first-order valence-corrected chi connectivity index (χ1v) is 6.27. The molecule has 0 bridgehead atoms. The van der Waals surface area contributed by atoms with Gasteiger partial charge < -0.3 is 5.11 Å². The van der Waals surface area contributed by atoms with Gasteiger partial charge in [-0.3, -0.25) is 0 Å². The lowest BCUT2D eigenvalue weighted by atomic mass is 10.0. The zero-order valence-corrected chi connectivity index (χ0v) is 9.04. The molecule has 1 nitrogen and oxygen atoms in total. The standard InChI is InChI=1S/C12H16OS/c13-12(10-6-2-1-3-7-10)11-8-4-5-9-14-11/h1-3,6-7,11-13H,4-5,8-9H2. The van der Waals surface area contributed by atoms with Crippen LogP contribution in [0.15, 0.2) is 30.3 Å². The summed E-state index contributed by atoms with van der Waals surface area (Å²) in [4.78, 5) is 0. The van der Waals surface area contributed by atoms with Crippen LogP contribution in [0.1, 0.15) is 30.9 Å². The minimum absolute atomic E-state index is 0.276. The summed E-state index contributed by atoms with van der Waals surface area (Å²) in [6.07, 6.45) is 3.45. The highest BCUT2D eigenvalue weighted by Crippen LogP contribution is 2.34. The summed E-state index contributed by atoms with van der Waals surface area (Å²) in [7, 11) is 0. The molecule has 1 aliphatic heterocycles. The molecule has 1 heterocycles. The zero-order chi connectivity index (χ0) is 9.80. The Morgan fingerprint density at radius 2 is 2.00 bits per heavy atom. The summed E-state index contributed by atoms with van der Waals surface area (Å²) in [5.74, 6) is 1.20. The van der Waals surface area contributed by atoms with Crippen LogP contribution in [-0.2, 0) is 0 Å². The molecule has 14 heavy (non-hydrogen) atoms. The second kappa shape index (κ2) is 4.85. The Morgan fingerprint density at radius 1 is 1.21 bits per heavy atom. The molecule has 0 aromatic heterocycles. The predicted molar refractivity (Wildman–Crippen MR) is 61.5 cm³/mol. The smallest absolute Gasteiger partial charge is 0.0908 e. The van der Waals surface area contributed by atoms with Crippen molar-refractivity contribution in [1.82, 2.24) is 0 Å². The first-order valence-electron chi connectivity index (χ1n) is 5.22. The molecule has 2 atom stereocenters. The Kier molecular flexibility index (Phi) is 3.49. The number of hydrogen-bond acceptors (Lipinski definition) is 2. The molecule has 2 heteroatoms. The quantitative estimate of drug-likeness (QED) is 0.806. The van der Waals surface area contributed by atoms with Crippen LogP contribution in [0.3, 0.4) is 0 Å². The Labute approximate surface area is 89.5 Å². The van der Waals surface area contributed by atoms with Crippen LogP contribution in [0.4, 0.5) is 0 Å². The van der Waals surface area contributed by atoms with Crippen molar-refractivity contribution in [3.05, 3.63) is 35.9 Å². The summed E-state index contributed by atoms with van der Waals surface area (Å²) >= 11 is 1.92. The van der Waals surface area contributed by atoms with Gasteiger partial charge in [0.2, 0.25) is 0 Å². The molecule has 1 aliphatic rings. The summed E-state index contributed by atoms with van der Waals surface area (Å²) in [5.41, 5.74) is 1.06. The van der Waals surface area contributed by atoms with Crippen molar-refractivity contribution in [2.75, 3.05) is 5.75 Å². The lowest BCUT2D eigenvalue weighted by molar-refractivity contribution is 0.169. The van der Waals surface area contributed by atoms with E-state index in [1.165, 1.54) is 18.6 Å². The van der Waals surface area contributed by atoms with E-state index in [4.69, 9.17) is 0 Å². The van der Waals surface area contributed by atoms with Crippen molar-refractivity contribution in [3.8, 4) is 0 Å². The van der Waals surface area contributed by atoms with Gasteiger partial charge >= 0.3 is 0 Å². The fourth-order valence-corrected chi connectivity index (χ4v) is 3.23. The molecule has 2 rings (SSSR count). The van der Waals surface area contributed by atoms with Gasteiger partial charge in [0.15, 0.2) is 0 Å². The SMILES string of the molecule is OC(c1ccccc1)C1CCCCS1. The largest absolute Gasteiger partial charge is 0.387 e. The molecule has 1 aromatic carbocycles. The third-order valence-electron chi connectivity index (χ3n) is 2.71. The lowest BCUT2D eigenvalue weighted by Gasteiger charge is -2.26. The second-order valence-electron chi connectivity index (χ2n) is 3.76. The number of aliphatic hydroxyl groups is 1. The van der Waals surface area contributed by atoms with Crippen LogP contribution >= 0.6 is 11.8 Å². The van der Waals surface area contributed by atoms with Gasteiger partial charge in [0.05, 0.1) is 6.10 Å². The van der Waals surface area contributed by atoms with Gasteiger partial charge in [0.25, 0.3) is 0 Å². The van der Waals surface area contributed by atoms with E-state index in [0.717, 1.165) is 12.0 Å². The molecule has 0 amide bonds. The maximum Gasteiger partial charge on any atom is 0.0908 e. The van der Waals surface area contributed by atoms with Crippen LogP contribution in [0.25, 0.3) is 0 Å². The molecule has 1 N–H and O–H groups in total. The van der Waals surface area contributed by atoms with Crippen LogP contribution in [0, 0.1) is 0 Å². The average Bonchev–Trinajstić information content (AvgIpc) is 2.30. The van der Waals surface area contributed by atoms with Crippen LogP contribution < -0.4 is 0 Å². The minimum Gasteiger partial charge on any atom is -0.387 e. The van der Waals surface area contributed by atoms with Crippen LogP contribution in [0.2, 0.25) is 0 Å². The number of benzene rings is 1. The van der Waals surface area contributed by atoms with Gasteiger partial charge in [-0.25, -0.2) is 0 Å². The van der Waals surface area contributed by atoms with E-state index in [1.54, 1.807) is 0 Å². The minimum atomic E-state index is -0.276. The first-order chi connectivity index (χ1) is 6.88. The molecule has 0 saturated carbocycles. The molecule has 1 fully saturated rings. The molecule has 1 aromatic rings. The number of thioether (sulfide) groups is 1. The fourth-order valence-electron chi connectivity index (χ4n) is 1.88. The molecule has 0 spiro atoms. The van der Waals surface area contributed by atoms with Crippen LogP contribution in [0.5, 0.6) is 0 Å². The Hall–Kier alpha value is -0.470. The monoisotopic (exact) mass is 208 g/mol. The van der Waals surface area contributed by atoms with Gasteiger partial charge in [-0.15, -0.1) is 0 Å². The van der Waals surface area contributed by atoms with E-state index in [1.807, 2.05) is 42.1 Å². The maximum absolute atomic E-state index is 10.1. The molecule has 76 valence electrons. The van der Waals surface area contributed by atoms with Crippen LogP contribution in [-0.4, -0.2) is 16.1 Å². The van der Waals surface area contributed by atoms with E-state index in [0.29, 0.717) is 5.25 Å². The molecule has 1 saturated heterocycles. The molecular formula is C12H16OS. The van der Waals surface area contributed by atoms with Gasteiger partial charge in [-0.05, 0) is 24.2 Å². The number of hydrogen-bond donors (Lipinski definition) is 1. The zero-order valence-electron chi connectivity index (χ0n) is 8.23. The topological polar surface area (TPSA) is 20.2 Å². The Bertz CT molecular complexity index is 267. The third kappa shape index (κ3) is 2.31. The van der Waals surface area contributed by atoms with Crippen molar-refractivity contribution in [2.24, 2.45) is 0 Å². The van der Waals surface area contributed by atoms with Gasteiger partial charge in [-0.1, -0.05) is 36.8 Å². The first kappa shape index (κ1) is 10.1. The Balaban J connectivity index is 2.03. The van der Waals surface area contributed by atoms with E-state index in [-0.39, 0.29) is 6.10 Å². The average molecular weight is 208 g/mol. The van der Waals surface area contributed by atoms with Crippen molar-refractivity contribution < 1.29 is 5.11 Å². The third-order valence-corrected chi connectivity index (χ3v) is 4.15. The highest BCUT2D eigenvalue weighted by Gasteiger charge is 2.23. The molecule has 2 unspecified atom stereocenters. The Morgan fingerprint density at radius 3 is 2.64 bits per heavy atom. The summed E-state index contributed by atoms with van der Waals surface area (Å²) in [6.45, 7) is 0. The van der Waals surface area contributed by atoms with Gasteiger partial charge in [0, 0.05) is 5.25 Å². The van der Waals surface area contributed by atoms with Crippen molar-refractivity contribution in [3.63, 3.8) is 0 Å². The molecular weight excluding hydrogens is 192 g/mol.